The molecule has 2 N–H and O–H groups in total. The molecule has 5 heteroatoms. The Balaban J connectivity index is 4.34. The fourth-order valence-corrected chi connectivity index (χ4v) is 1.77. The van der Waals surface area contributed by atoms with Gasteiger partial charge in [-0.3, -0.25) is 9.59 Å². The molecule has 2 unspecified atom stereocenters. The normalized spacial score (nSPS) is 14.6. The zero-order valence-corrected chi connectivity index (χ0v) is 12.1. The molecule has 0 aliphatic carbocycles. The van der Waals surface area contributed by atoms with Crippen LogP contribution in [-0.2, 0) is 9.59 Å². The number of carbonyl (C=O) groups is 2. The van der Waals surface area contributed by atoms with Crippen molar-refractivity contribution in [2.24, 2.45) is 17.8 Å². The van der Waals surface area contributed by atoms with Gasteiger partial charge in [-0.15, -0.1) is 0 Å². The van der Waals surface area contributed by atoms with Gasteiger partial charge in [0.1, 0.15) is 0 Å². The van der Waals surface area contributed by atoms with E-state index in [0.29, 0.717) is 13.0 Å². The number of likely N-dealkylation sites (N-methyl/N-ethyl adjacent to an activating group) is 1. The molecule has 18 heavy (non-hydrogen) atoms. The van der Waals surface area contributed by atoms with Crippen LogP contribution in [0.2, 0.25) is 0 Å². The fraction of sp³-hybridized carbons (Fsp3) is 0.846. The average Bonchev–Trinajstić information content (AvgIpc) is 2.23. The number of carboxylic acid groups (broad SMARTS) is 1. The van der Waals surface area contributed by atoms with Gasteiger partial charge in [-0.1, -0.05) is 20.8 Å². The van der Waals surface area contributed by atoms with Gasteiger partial charge in [0.2, 0.25) is 5.91 Å². The highest BCUT2D eigenvalue weighted by molar-refractivity contribution is 5.84. The third-order valence-corrected chi connectivity index (χ3v) is 2.92. The number of hydrogen-bond donors (Lipinski definition) is 2. The standard InChI is InChI=1S/C13H26N2O3/c1-9(2)8-11(13(17)18)10(3)12(16)14-6-7-15(4)5/h9-11H,6-8H2,1-5H3,(H,14,16)(H,17,18). The highest BCUT2D eigenvalue weighted by Crippen LogP contribution is 2.21. The van der Waals surface area contributed by atoms with Crippen LogP contribution in [0.5, 0.6) is 0 Å². The van der Waals surface area contributed by atoms with Crippen molar-refractivity contribution in [1.82, 2.24) is 10.2 Å². The molecule has 2 atom stereocenters. The summed E-state index contributed by atoms with van der Waals surface area (Å²) < 4.78 is 0. The van der Waals surface area contributed by atoms with Crippen LogP contribution in [-0.4, -0.2) is 49.1 Å². The zero-order chi connectivity index (χ0) is 14.3. The Labute approximate surface area is 110 Å². The minimum atomic E-state index is -0.890. The van der Waals surface area contributed by atoms with Gasteiger partial charge in [-0.05, 0) is 26.4 Å². The van der Waals surface area contributed by atoms with Crippen LogP contribution in [0.3, 0.4) is 0 Å². The van der Waals surface area contributed by atoms with E-state index in [1.165, 1.54) is 0 Å². The van der Waals surface area contributed by atoms with Crippen molar-refractivity contribution in [1.29, 1.82) is 0 Å². The minimum Gasteiger partial charge on any atom is -0.481 e. The second-order valence-electron chi connectivity index (χ2n) is 5.46. The number of carbonyl (C=O) groups excluding carboxylic acids is 1. The Morgan fingerprint density at radius 3 is 2.17 bits per heavy atom. The molecule has 0 rings (SSSR count). The molecule has 1 amide bonds. The van der Waals surface area contributed by atoms with Gasteiger partial charge in [0, 0.05) is 19.0 Å². The van der Waals surface area contributed by atoms with Gasteiger partial charge in [-0.25, -0.2) is 0 Å². The number of carboxylic acids is 1. The maximum absolute atomic E-state index is 11.9. The number of nitrogens with one attached hydrogen (secondary N) is 1. The van der Waals surface area contributed by atoms with Gasteiger partial charge < -0.3 is 15.3 Å². The van der Waals surface area contributed by atoms with E-state index in [1.807, 2.05) is 32.8 Å². The predicted octanol–water partition coefficient (Wildman–Crippen LogP) is 1.05. The number of hydrogen-bond acceptors (Lipinski definition) is 3. The highest BCUT2D eigenvalue weighted by Gasteiger charge is 2.30. The first-order valence-electron chi connectivity index (χ1n) is 6.41. The summed E-state index contributed by atoms with van der Waals surface area (Å²) in [6.45, 7) is 6.91. The molecule has 0 aromatic heterocycles. The molecule has 0 aromatic rings. The first-order chi connectivity index (χ1) is 8.25. The van der Waals surface area contributed by atoms with Crippen LogP contribution in [0, 0.1) is 17.8 Å². The Morgan fingerprint density at radius 2 is 1.78 bits per heavy atom. The molecular formula is C13H26N2O3. The van der Waals surface area contributed by atoms with E-state index in [1.54, 1.807) is 6.92 Å². The Bertz CT molecular complexity index is 277. The Hall–Kier alpha value is -1.10. The number of amides is 1. The maximum Gasteiger partial charge on any atom is 0.307 e. The second-order valence-corrected chi connectivity index (χ2v) is 5.46. The number of aliphatic carboxylic acids is 1. The van der Waals surface area contributed by atoms with Crippen molar-refractivity contribution in [3.05, 3.63) is 0 Å². The van der Waals surface area contributed by atoms with Crippen LogP contribution in [0.4, 0.5) is 0 Å². The summed E-state index contributed by atoms with van der Waals surface area (Å²) in [4.78, 5) is 25.0. The van der Waals surface area contributed by atoms with Crippen molar-refractivity contribution < 1.29 is 14.7 Å². The predicted molar refractivity (Wildman–Crippen MR) is 71.3 cm³/mol. The molecule has 0 aliphatic heterocycles. The lowest BCUT2D eigenvalue weighted by atomic mass is 9.86. The summed E-state index contributed by atoms with van der Waals surface area (Å²) in [7, 11) is 3.85. The van der Waals surface area contributed by atoms with E-state index in [9.17, 15) is 9.59 Å². The van der Waals surface area contributed by atoms with Crippen LogP contribution in [0.1, 0.15) is 27.2 Å². The summed E-state index contributed by atoms with van der Waals surface area (Å²) in [5, 5.41) is 11.9. The zero-order valence-electron chi connectivity index (χ0n) is 12.1. The molecule has 0 saturated carbocycles. The molecule has 0 fully saturated rings. The summed E-state index contributed by atoms with van der Waals surface area (Å²) in [5.41, 5.74) is 0. The lowest BCUT2D eigenvalue weighted by molar-refractivity contribution is -0.147. The molecular weight excluding hydrogens is 232 g/mol. The molecule has 106 valence electrons. The van der Waals surface area contributed by atoms with E-state index < -0.39 is 17.8 Å². The monoisotopic (exact) mass is 258 g/mol. The van der Waals surface area contributed by atoms with Crippen molar-refractivity contribution in [2.75, 3.05) is 27.2 Å². The summed E-state index contributed by atoms with van der Waals surface area (Å²) in [5.74, 6) is -1.90. The summed E-state index contributed by atoms with van der Waals surface area (Å²) in [6, 6.07) is 0. The third kappa shape index (κ3) is 6.59. The van der Waals surface area contributed by atoms with Crippen molar-refractivity contribution >= 4 is 11.9 Å². The van der Waals surface area contributed by atoms with E-state index in [2.05, 4.69) is 5.32 Å². The summed E-state index contributed by atoms with van der Waals surface area (Å²) in [6.07, 6.45) is 0.525. The van der Waals surface area contributed by atoms with Crippen LogP contribution >= 0.6 is 0 Å². The number of nitrogens with zero attached hydrogens (tertiary/aromatic N) is 1. The quantitative estimate of drug-likeness (QED) is 0.682. The van der Waals surface area contributed by atoms with E-state index in [0.717, 1.165) is 6.54 Å². The summed E-state index contributed by atoms with van der Waals surface area (Å²) >= 11 is 0. The van der Waals surface area contributed by atoms with Crippen LogP contribution in [0.25, 0.3) is 0 Å². The largest absolute Gasteiger partial charge is 0.481 e. The second kappa shape index (κ2) is 8.08. The molecule has 0 radical (unpaired) electrons. The van der Waals surface area contributed by atoms with Gasteiger partial charge in [0.15, 0.2) is 0 Å². The van der Waals surface area contributed by atoms with Crippen molar-refractivity contribution in [3.63, 3.8) is 0 Å². The highest BCUT2D eigenvalue weighted by atomic mass is 16.4. The molecule has 0 heterocycles. The first kappa shape index (κ1) is 16.9. The molecule has 0 spiro atoms. The van der Waals surface area contributed by atoms with Gasteiger partial charge in [0.25, 0.3) is 0 Å². The lowest BCUT2D eigenvalue weighted by Crippen LogP contribution is -2.39. The number of rotatable bonds is 8. The molecule has 0 bridgehead atoms. The topological polar surface area (TPSA) is 69.6 Å². The van der Waals surface area contributed by atoms with Crippen molar-refractivity contribution in [2.45, 2.75) is 27.2 Å². The van der Waals surface area contributed by atoms with Gasteiger partial charge in [0.05, 0.1) is 5.92 Å². The maximum atomic E-state index is 11.9. The van der Waals surface area contributed by atoms with Crippen molar-refractivity contribution in [3.8, 4) is 0 Å². The fourth-order valence-electron chi connectivity index (χ4n) is 1.77. The Morgan fingerprint density at radius 1 is 1.22 bits per heavy atom. The van der Waals surface area contributed by atoms with E-state index in [4.69, 9.17) is 5.11 Å². The molecule has 5 nitrogen and oxygen atoms in total. The molecule has 0 aliphatic rings. The third-order valence-electron chi connectivity index (χ3n) is 2.92. The molecule has 0 saturated heterocycles. The average molecular weight is 258 g/mol. The van der Waals surface area contributed by atoms with Crippen LogP contribution in [0.15, 0.2) is 0 Å². The van der Waals surface area contributed by atoms with E-state index >= 15 is 0 Å². The first-order valence-corrected chi connectivity index (χ1v) is 6.41. The van der Waals surface area contributed by atoms with E-state index in [-0.39, 0.29) is 11.8 Å². The minimum absolute atomic E-state index is 0.176. The van der Waals surface area contributed by atoms with Crippen LogP contribution < -0.4 is 5.32 Å². The Kier molecular flexibility index (Phi) is 7.59. The van der Waals surface area contributed by atoms with Gasteiger partial charge >= 0.3 is 5.97 Å². The molecule has 0 aromatic carbocycles. The van der Waals surface area contributed by atoms with Gasteiger partial charge in [-0.2, -0.15) is 0 Å². The SMILES string of the molecule is CC(C)CC(C(=O)O)C(C)C(=O)NCCN(C)C. The lowest BCUT2D eigenvalue weighted by Gasteiger charge is -2.21. The smallest absolute Gasteiger partial charge is 0.307 e.